The molecule has 1 aliphatic rings. The Morgan fingerprint density at radius 3 is 2.50 bits per heavy atom. The Kier molecular flexibility index (Phi) is 6.73. The molecule has 1 atom stereocenters. The maximum absolute atomic E-state index is 9.86. The predicted octanol–water partition coefficient (Wildman–Crippen LogP) is 5.55. The van der Waals surface area contributed by atoms with Gasteiger partial charge in [-0.3, -0.25) is 0 Å². The fourth-order valence-electron chi connectivity index (χ4n) is 4.20. The molecule has 0 amide bonds. The first kappa shape index (κ1) is 19.0. The Balaban J connectivity index is 1.68. The molecule has 0 bridgehead atoms. The molecule has 1 unspecified atom stereocenters. The van der Waals surface area contributed by atoms with Crippen LogP contribution in [0.25, 0.3) is 0 Å². The highest BCUT2D eigenvalue weighted by atomic mass is 16.3. The molecule has 2 nitrogen and oxygen atoms in total. The second-order valence-electron chi connectivity index (χ2n) is 7.86. The van der Waals surface area contributed by atoms with Crippen LogP contribution in [-0.4, -0.2) is 18.2 Å². The van der Waals surface area contributed by atoms with Crippen LogP contribution < -0.4 is 5.32 Å². The number of rotatable bonds is 7. The van der Waals surface area contributed by atoms with E-state index in [2.05, 4.69) is 49.5 Å². The Hall–Kier alpha value is -1.80. The molecule has 2 N–H and O–H groups in total. The van der Waals surface area contributed by atoms with Gasteiger partial charge in [-0.15, -0.1) is 0 Å². The van der Waals surface area contributed by atoms with Crippen molar-refractivity contribution < 1.29 is 5.11 Å². The van der Waals surface area contributed by atoms with E-state index >= 15 is 0 Å². The summed E-state index contributed by atoms with van der Waals surface area (Å²) in [6.45, 7) is 6.81. The molecular weight excluding hydrogens is 318 g/mol. The van der Waals surface area contributed by atoms with Crippen molar-refractivity contribution in [2.45, 2.75) is 64.2 Å². The van der Waals surface area contributed by atoms with Crippen LogP contribution in [0.15, 0.2) is 42.5 Å². The lowest BCUT2D eigenvalue weighted by Gasteiger charge is -2.23. The maximum Gasteiger partial charge on any atom is 0.115 e. The molecule has 1 aliphatic heterocycles. The van der Waals surface area contributed by atoms with Crippen LogP contribution >= 0.6 is 0 Å². The molecule has 0 spiro atoms. The van der Waals surface area contributed by atoms with Crippen molar-refractivity contribution in [3.8, 4) is 5.75 Å². The highest BCUT2D eigenvalue weighted by Gasteiger charge is 2.16. The normalized spacial score (nSPS) is 16.5. The zero-order valence-electron chi connectivity index (χ0n) is 16.3. The maximum atomic E-state index is 9.86. The van der Waals surface area contributed by atoms with Gasteiger partial charge >= 0.3 is 0 Å². The number of aryl methyl sites for hydroxylation is 1. The average molecular weight is 352 g/mol. The Bertz CT molecular complexity index is 686. The second-order valence-corrected chi connectivity index (χ2v) is 7.86. The molecule has 2 heteroatoms. The highest BCUT2D eigenvalue weighted by Crippen LogP contribution is 2.29. The van der Waals surface area contributed by atoms with Crippen molar-refractivity contribution in [3.63, 3.8) is 0 Å². The van der Waals surface area contributed by atoms with Crippen LogP contribution in [0.3, 0.4) is 0 Å². The largest absolute Gasteiger partial charge is 0.508 e. The van der Waals surface area contributed by atoms with Crippen molar-refractivity contribution in [3.05, 3.63) is 64.7 Å². The minimum Gasteiger partial charge on any atom is -0.508 e. The van der Waals surface area contributed by atoms with E-state index in [9.17, 15) is 5.11 Å². The van der Waals surface area contributed by atoms with E-state index in [1.54, 1.807) is 0 Å². The molecule has 0 radical (unpaired) electrons. The number of hydrogen-bond donors (Lipinski definition) is 2. The molecule has 1 saturated heterocycles. The first-order chi connectivity index (χ1) is 12.7. The SMILES string of the molecule is CCCCc1cc(O)ccc1C(C)Cc1ccc(C2CCNCC2)cc1. The predicted molar refractivity (Wildman–Crippen MR) is 110 cm³/mol. The van der Waals surface area contributed by atoms with Gasteiger partial charge in [-0.05, 0) is 91.4 Å². The van der Waals surface area contributed by atoms with Crippen LogP contribution in [0, 0.1) is 0 Å². The Morgan fingerprint density at radius 1 is 1.08 bits per heavy atom. The van der Waals surface area contributed by atoms with Crippen molar-refractivity contribution >= 4 is 0 Å². The summed E-state index contributed by atoms with van der Waals surface area (Å²) in [6, 6.07) is 15.2. The lowest BCUT2D eigenvalue weighted by atomic mass is 9.86. The summed E-state index contributed by atoms with van der Waals surface area (Å²) < 4.78 is 0. The van der Waals surface area contributed by atoms with Crippen molar-refractivity contribution in [1.82, 2.24) is 5.32 Å². The van der Waals surface area contributed by atoms with Gasteiger partial charge in [0.2, 0.25) is 0 Å². The summed E-state index contributed by atoms with van der Waals surface area (Å²) in [5, 5.41) is 13.3. The molecule has 2 aromatic carbocycles. The van der Waals surface area contributed by atoms with Gasteiger partial charge in [-0.25, -0.2) is 0 Å². The van der Waals surface area contributed by atoms with Gasteiger partial charge in [-0.2, -0.15) is 0 Å². The van der Waals surface area contributed by atoms with Crippen molar-refractivity contribution in [2.24, 2.45) is 0 Å². The monoisotopic (exact) mass is 351 g/mol. The zero-order valence-corrected chi connectivity index (χ0v) is 16.3. The lowest BCUT2D eigenvalue weighted by Crippen LogP contribution is -2.26. The van der Waals surface area contributed by atoms with E-state index in [1.165, 1.54) is 47.9 Å². The van der Waals surface area contributed by atoms with Gasteiger partial charge in [0.15, 0.2) is 0 Å². The fourth-order valence-corrected chi connectivity index (χ4v) is 4.20. The summed E-state index contributed by atoms with van der Waals surface area (Å²) >= 11 is 0. The minimum atomic E-state index is 0.387. The average Bonchev–Trinajstić information content (AvgIpc) is 2.67. The van der Waals surface area contributed by atoms with E-state index in [4.69, 9.17) is 0 Å². The summed E-state index contributed by atoms with van der Waals surface area (Å²) in [4.78, 5) is 0. The summed E-state index contributed by atoms with van der Waals surface area (Å²) in [5.74, 6) is 1.58. The van der Waals surface area contributed by atoms with E-state index in [-0.39, 0.29) is 0 Å². The molecule has 1 fully saturated rings. The van der Waals surface area contributed by atoms with E-state index in [0.717, 1.165) is 31.8 Å². The minimum absolute atomic E-state index is 0.387. The Morgan fingerprint density at radius 2 is 1.81 bits per heavy atom. The molecule has 1 heterocycles. The van der Waals surface area contributed by atoms with E-state index in [1.807, 2.05) is 12.1 Å². The molecule has 26 heavy (non-hydrogen) atoms. The quantitative estimate of drug-likeness (QED) is 0.685. The third kappa shape index (κ3) is 4.88. The molecule has 0 aromatic heterocycles. The third-order valence-corrected chi connectivity index (χ3v) is 5.79. The number of aromatic hydroxyl groups is 1. The summed E-state index contributed by atoms with van der Waals surface area (Å²) in [5.41, 5.74) is 5.60. The fraction of sp³-hybridized carbons (Fsp3) is 0.500. The highest BCUT2D eigenvalue weighted by molar-refractivity contribution is 5.38. The van der Waals surface area contributed by atoms with Gasteiger partial charge in [0.05, 0.1) is 0 Å². The number of piperidine rings is 1. The number of unbranched alkanes of at least 4 members (excludes halogenated alkanes) is 1. The number of nitrogens with one attached hydrogen (secondary N) is 1. The van der Waals surface area contributed by atoms with Gasteiger partial charge in [-0.1, -0.05) is 50.6 Å². The molecule has 140 valence electrons. The molecule has 0 aliphatic carbocycles. The van der Waals surface area contributed by atoms with E-state index < -0.39 is 0 Å². The second kappa shape index (κ2) is 9.23. The smallest absolute Gasteiger partial charge is 0.115 e. The molecule has 3 rings (SSSR count). The van der Waals surface area contributed by atoms with Crippen molar-refractivity contribution in [1.29, 1.82) is 0 Å². The van der Waals surface area contributed by atoms with Crippen LogP contribution in [-0.2, 0) is 12.8 Å². The number of benzene rings is 2. The van der Waals surface area contributed by atoms with Crippen LogP contribution in [0.4, 0.5) is 0 Å². The first-order valence-corrected chi connectivity index (χ1v) is 10.3. The third-order valence-electron chi connectivity index (χ3n) is 5.79. The van der Waals surface area contributed by atoms with Crippen LogP contribution in [0.2, 0.25) is 0 Å². The number of phenolic OH excluding ortho intramolecular Hbond substituents is 1. The topological polar surface area (TPSA) is 32.3 Å². The summed E-state index contributed by atoms with van der Waals surface area (Å²) in [7, 11) is 0. The first-order valence-electron chi connectivity index (χ1n) is 10.3. The van der Waals surface area contributed by atoms with Gasteiger partial charge in [0.25, 0.3) is 0 Å². The summed E-state index contributed by atoms with van der Waals surface area (Å²) in [6.07, 6.45) is 6.97. The lowest BCUT2D eigenvalue weighted by molar-refractivity contribution is 0.460. The van der Waals surface area contributed by atoms with E-state index in [0.29, 0.717) is 11.7 Å². The number of phenols is 1. The zero-order chi connectivity index (χ0) is 18.4. The van der Waals surface area contributed by atoms with Gasteiger partial charge in [0.1, 0.15) is 5.75 Å². The van der Waals surface area contributed by atoms with Gasteiger partial charge < -0.3 is 10.4 Å². The standard InChI is InChI=1S/C24H33NO/c1-3-4-5-22-17-23(26)10-11-24(22)18(2)16-19-6-8-20(9-7-19)21-12-14-25-15-13-21/h6-11,17-18,21,25-26H,3-5,12-16H2,1-2H3. The number of hydrogen-bond acceptors (Lipinski definition) is 2. The molecular formula is C24H33NO. The molecule has 2 aromatic rings. The van der Waals surface area contributed by atoms with Crippen LogP contribution in [0.5, 0.6) is 5.75 Å². The Labute approximate surface area is 158 Å². The van der Waals surface area contributed by atoms with Gasteiger partial charge in [0, 0.05) is 0 Å². The molecule has 0 saturated carbocycles. The van der Waals surface area contributed by atoms with Crippen molar-refractivity contribution in [2.75, 3.05) is 13.1 Å². The van der Waals surface area contributed by atoms with Crippen LogP contribution in [0.1, 0.15) is 73.6 Å².